The number of nitrogens with two attached hydrogens (primary N) is 1. The van der Waals surface area contributed by atoms with Crippen LogP contribution in [-0.4, -0.2) is 33.3 Å². The predicted octanol–water partition coefficient (Wildman–Crippen LogP) is 3.22. The summed E-state index contributed by atoms with van der Waals surface area (Å²) >= 11 is 0. The van der Waals surface area contributed by atoms with Crippen molar-refractivity contribution in [2.24, 2.45) is 10.7 Å². The van der Waals surface area contributed by atoms with Crippen LogP contribution in [0.4, 0.5) is 13.2 Å². The molecule has 2 aromatic carbocycles. The minimum absolute atomic E-state index is 0.169. The monoisotopic (exact) mass is 405 g/mol. The van der Waals surface area contributed by atoms with E-state index in [9.17, 15) is 13.2 Å². The third kappa shape index (κ3) is 6.96. The lowest BCUT2D eigenvalue weighted by molar-refractivity contribution is -0.137. The zero-order chi connectivity index (χ0) is 21.3. The largest absolute Gasteiger partial charge is 0.493 e. The fourth-order valence-electron chi connectivity index (χ4n) is 2.45. The van der Waals surface area contributed by atoms with Gasteiger partial charge in [-0.05, 0) is 42.3 Å². The first-order chi connectivity index (χ1) is 13.8. The minimum Gasteiger partial charge on any atom is -0.493 e. The Kier molecular flexibility index (Phi) is 7.78. The molecule has 29 heavy (non-hydrogen) atoms. The van der Waals surface area contributed by atoms with Crippen molar-refractivity contribution >= 4 is 5.96 Å². The maximum Gasteiger partial charge on any atom is 0.416 e. The molecule has 0 aromatic heterocycles. The number of nitrogens with zero attached hydrogens (tertiary/aromatic N) is 1. The molecule has 0 aliphatic rings. The molecule has 2 aromatic rings. The number of halogens is 3. The van der Waals surface area contributed by atoms with Gasteiger partial charge < -0.3 is 20.5 Å². The number of alkyl halides is 3. The molecule has 5 nitrogen and oxygen atoms in total. The second-order valence-electron chi connectivity index (χ2n) is 5.94. The Bertz CT molecular complexity index is 915. The van der Waals surface area contributed by atoms with Crippen LogP contribution in [-0.2, 0) is 12.6 Å². The maximum absolute atomic E-state index is 12.7. The molecule has 8 heteroatoms. The summed E-state index contributed by atoms with van der Waals surface area (Å²) in [5, 5.41) is 2.81. The minimum atomic E-state index is -4.39. The molecule has 0 aliphatic heterocycles. The number of ether oxygens (including phenoxy) is 2. The number of methoxy groups -OCH3 is 2. The summed E-state index contributed by atoms with van der Waals surface area (Å²) in [6.07, 6.45) is -3.74. The van der Waals surface area contributed by atoms with Crippen molar-refractivity contribution in [3.05, 3.63) is 59.2 Å². The normalized spacial score (nSPS) is 11.4. The summed E-state index contributed by atoms with van der Waals surface area (Å²) in [6.45, 7) is 0.622. The maximum atomic E-state index is 12.7. The molecule has 0 unspecified atom stereocenters. The predicted molar refractivity (Wildman–Crippen MR) is 106 cm³/mol. The highest BCUT2D eigenvalue weighted by molar-refractivity contribution is 5.78. The van der Waals surface area contributed by atoms with Crippen molar-refractivity contribution in [2.45, 2.75) is 12.6 Å². The van der Waals surface area contributed by atoms with Crippen LogP contribution in [0.2, 0.25) is 0 Å². The van der Waals surface area contributed by atoms with E-state index in [4.69, 9.17) is 15.2 Å². The lowest BCUT2D eigenvalue weighted by atomic mass is 10.1. The first-order valence-electron chi connectivity index (χ1n) is 8.74. The summed E-state index contributed by atoms with van der Waals surface area (Å²) in [7, 11) is 3.15. The Morgan fingerprint density at radius 2 is 1.86 bits per heavy atom. The van der Waals surface area contributed by atoms with Gasteiger partial charge in [-0.1, -0.05) is 24.0 Å². The highest BCUT2D eigenvalue weighted by Gasteiger charge is 2.30. The standard InChI is InChI=1S/C21H22F3N3O2/c1-28-18-9-8-16(14-19(18)29-2)10-12-27-20(25)26-11-4-6-15-5-3-7-17(13-15)21(22,23)24/h3,5,7-9,13-14H,10-12H2,1-2H3,(H3,25,26,27). The van der Waals surface area contributed by atoms with Gasteiger partial charge in [0.1, 0.15) is 0 Å². The van der Waals surface area contributed by atoms with Crippen LogP contribution >= 0.6 is 0 Å². The molecule has 0 saturated carbocycles. The average Bonchev–Trinajstić information content (AvgIpc) is 2.70. The molecule has 0 spiro atoms. The topological polar surface area (TPSA) is 68.9 Å². The SMILES string of the molecule is COc1ccc(CCN=C(N)NCC#Cc2cccc(C(F)(F)F)c2)cc1OC. The van der Waals surface area contributed by atoms with Crippen molar-refractivity contribution in [1.29, 1.82) is 0 Å². The Hall–Kier alpha value is -3.34. The van der Waals surface area contributed by atoms with Crippen LogP contribution in [0.5, 0.6) is 11.5 Å². The van der Waals surface area contributed by atoms with E-state index in [1.54, 1.807) is 14.2 Å². The van der Waals surface area contributed by atoms with Crippen LogP contribution < -0.4 is 20.5 Å². The van der Waals surface area contributed by atoms with Crippen molar-refractivity contribution < 1.29 is 22.6 Å². The Balaban J connectivity index is 1.84. The van der Waals surface area contributed by atoms with E-state index < -0.39 is 11.7 Å². The highest BCUT2D eigenvalue weighted by Crippen LogP contribution is 2.29. The van der Waals surface area contributed by atoms with Crippen molar-refractivity contribution in [3.8, 4) is 23.3 Å². The van der Waals surface area contributed by atoms with Gasteiger partial charge in [-0.3, -0.25) is 4.99 Å². The van der Waals surface area contributed by atoms with Crippen molar-refractivity contribution in [3.63, 3.8) is 0 Å². The van der Waals surface area contributed by atoms with Crippen LogP contribution in [0, 0.1) is 11.8 Å². The molecular weight excluding hydrogens is 383 g/mol. The molecule has 0 bridgehead atoms. The zero-order valence-corrected chi connectivity index (χ0v) is 16.1. The quantitative estimate of drug-likeness (QED) is 0.440. The Labute approximate surface area is 167 Å². The first kappa shape index (κ1) is 22.0. The summed E-state index contributed by atoms with van der Waals surface area (Å²) in [5.41, 5.74) is 6.35. The van der Waals surface area contributed by atoms with Gasteiger partial charge >= 0.3 is 6.18 Å². The van der Waals surface area contributed by atoms with E-state index in [1.165, 1.54) is 12.1 Å². The first-order valence-corrected chi connectivity index (χ1v) is 8.74. The molecule has 154 valence electrons. The van der Waals surface area contributed by atoms with Crippen molar-refractivity contribution in [1.82, 2.24) is 5.32 Å². The van der Waals surface area contributed by atoms with E-state index >= 15 is 0 Å². The molecule has 2 rings (SSSR count). The molecule has 0 radical (unpaired) electrons. The van der Waals surface area contributed by atoms with Gasteiger partial charge in [0, 0.05) is 12.1 Å². The number of aliphatic imine (C=N–C) groups is 1. The molecule has 0 aliphatic carbocycles. The number of guanidine groups is 1. The summed E-state index contributed by atoms with van der Waals surface area (Å²) in [5.74, 6) is 6.90. The number of nitrogens with one attached hydrogen (secondary N) is 1. The number of hydrogen-bond donors (Lipinski definition) is 2. The van der Waals surface area contributed by atoms with Crippen LogP contribution in [0.25, 0.3) is 0 Å². The summed E-state index contributed by atoms with van der Waals surface area (Å²) in [4.78, 5) is 4.20. The smallest absolute Gasteiger partial charge is 0.416 e. The van der Waals surface area contributed by atoms with Gasteiger partial charge in [0.05, 0.1) is 26.3 Å². The van der Waals surface area contributed by atoms with Gasteiger partial charge in [0.15, 0.2) is 17.5 Å². The van der Waals surface area contributed by atoms with Gasteiger partial charge in [0.25, 0.3) is 0 Å². The lowest BCUT2D eigenvalue weighted by Gasteiger charge is -2.09. The highest BCUT2D eigenvalue weighted by atomic mass is 19.4. The number of rotatable bonds is 6. The second-order valence-corrected chi connectivity index (χ2v) is 5.94. The average molecular weight is 405 g/mol. The Morgan fingerprint density at radius 1 is 1.10 bits per heavy atom. The molecule has 3 N–H and O–H groups in total. The van der Waals surface area contributed by atoms with Gasteiger partial charge in [-0.15, -0.1) is 0 Å². The van der Waals surface area contributed by atoms with E-state index in [1.807, 2.05) is 18.2 Å². The Morgan fingerprint density at radius 3 is 2.55 bits per heavy atom. The molecule has 0 heterocycles. The van der Waals surface area contributed by atoms with Gasteiger partial charge in [-0.2, -0.15) is 13.2 Å². The fraction of sp³-hybridized carbons (Fsp3) is 0.286. The number of hydrogen-bond acceptors (Lipinski definition) is 3. The fourth-order valence-corrected chi connectivity index (χ4v) is 2.45. The second kappa shape index (κ2) is 10.3. The van der Waals surface area contributed by atoms with E-state index in [0.29, 0.717) is 24.5 Å². The third-order valence-electron chi connectivity index (χ3n) is 3.91. The van der Waals surface area contributed by atoms with Crippen LogP contribution in [0.15, 0.2) is 47.5 Å². The zero-order valence-electron chi connectivity index (χ0n) is 16.1. The molecule has 0 amide bonds. The van der Waals surface area contributed by atoms with E-state index in [-0.39, 0.29) is 18.1 Å². The van der Waals surface area contributed by atoms with E-state index in [2.05, 4.69) is 22.2 Å². The molecule has 0 atom stereocenters. The molecular formula is C21H22F3N3O2. The van der Waals surface area contributed by atoms with Gasteiger partial charge in [-0.25, -0.2) is 0 Å². The van der Waals surface area contributed by atoms with E-state index in [0.717, 1.165) is 17.7 Å². The van der Waals surface area contributed by atoms with Crippen LogP contribution in [0.3, 0.4) is 0 Å². The van der Waals surface area contributed by atoms with Crippen LogP contribution in [0.1, 0.15) is 16.7 Å². The third-order valence-corrected chi connectivity index (χ3v) is 3.91. The molecule has 0 saturated heterocycles. The lowest BCUT2D eigenvalue weighted by Crippen LogP contribution is -2.32. The summed E-state index contributed by atoms with van der Waals surface area (Å²) in [6, 6.07) is 10.5. The van der Waals surface area contributed by atoms with Crippen molar-refractivity contribution in [2.75, 3.05) is 27.3 Å². The summed E-state index contributed by atoms with van der Waals surface area (Å²) < 4.78 is 48.5. The number of benzene rings is 2. The van der Waals surface area contributed by atoms with Gasteiger partial charge in [0.2, 0.25) is 0 Å². The molecule has 0 fully saturated rings.